The fourth-order valence-corrected chi connectivity index (χ4v) is 1.94. The molecule has 0 unspecified atom stereocenters. The van der Waals surface area contributed by atoms with E-state index in [1.807, 2.05) is 0 Å². The highest BCUT2D eigenvalue weighted by Gasteiger charge is 2.48. The maximum absolute atomic E-state index is 9.65. The minimum Gasteiger partial charge on any atom is -0.382 e. The molecule has 1 aliphatic heterocycles. The molecule has 1 saturated heterocycles. The molecule has 6 heteroatoms. The normalized spacial score (nSPS) is 36.6. The Kier molecular flexibility index (Phi) is 5.60. The van der Waals surface area contributed by atoms with Crippen molar-refractivity contribution in [2.24, 2.45) is 0 Å². The third-order valence-corrected chi connectivity index (χ3v) is 2.77. The highest BCUT2D eigenvalue weighted by molar-refractivity contribution is 4.92. The van der Waals surface area contributed by atoms with E-state index in [0.29, 0.717) is 6.61 Å². The van der Waals surface area contributed by atoms with Gasteiger partial charge in [-0.25, -0.2) is 0 Å². The molecule has 0 amide bonds. The molecule has 5 atom stereocenters. The van der Waals surface area contributed by atoms with E-state index in [1.165, 1.54) is 7.11 Å². The van der Waals surface area contributed by atoms with Gasteiger partial charge in [-0.2, -0.15) is 0 Å². The maximum atomic E-state index is 9.65. The molecule has 1 rings (SSSR count). The molecule has 1 heterocycles. The van der Waals surface area contributed by atoms with E-state index in [9.17, 15) is 5.11 Å². The molecular formula is C10H20O6. The Morgan fingerprint density at radius 1 is 1.12 bits per heavy atom. The monoisotopic (exact) mass is 236 g/mol. The summed E-state index contributed by atoms with van der Waals surface area (Å²) >= 11 is 0. The van der Waals surface area contributed by atoms with E-state index in [4.69, 9.17) is 23.7 Å². The summed E-state index contributed by atoms with van der Waals surface area (Å²) in [4.78, 5) is 0. The first-order chi connectivity index (χ1) is 7.69. The van der Waals surface area contributed by atoms with Gasteiger partial charge in [0.05, 0.1) is 6.61 Å². The lowest BCUT2D eigenvalue weighted by Gasteiger charge is -2.26. The molecule has 0 aromatic carbocycles. The van der Waals surface area contributed by atoms with Crippen LogP contribution in [-0.4, -0.2) is 70.9 Å². The SMILES string of the molecule is COC[C@H](OC)[C@@H]1O[C@H](O)[C@@H](OC)[C@H]1OC. The van der Waals surface area contributed by atoms with Gasteiger partial charge in [0.2, 0.25) is 0 Å². The van der Waals surface area contributed by atoms with E-state index in [0.717, 1.165) is 0 Å². The molecule has 1 N–H and O–H groups in total. The van der Waals surface area contributed by atoms with Gasteiger partial charge in [-0.15, -0.1) is 0 Å². The van der Waals surface area contributed by atoms with E-state index in [2.05, 4.69) is 0 Å². The smallest absolute Gasteiger partial charge is 0.184 e. The average Bonchev–Trinajstić information content (AvgIpc) is 2.61. The first kappa shape index (κ1) is 13.8. The Bertz CT molecular complexity index is 200. The van der Waals surface area contributed by atoms with Crippen LogP contribution in [0.25, 0.3) is 0 Å². The molecular weight excluding hydrogens is 216 g/mol. The molecule has 0 aliphatic carbocycles. The van der Waals surface area contributed by atoms with Crippen LogP contribution in [0.15, 0.2) is 0 Å². The van der Waals surface area contributed by atoms with Crippen molar-refractivity contribution in [3.05, 3.63) is 0 Å². The molecule has 96 valence electrons. The molecule has 1 fully saturated rings. The number of hydrogen-bond donors (Lipinski definition) is 1. The first-order valence-corrected chi connectivity index (χ1v) is 5.10. The van der Waals surface area contributed by atoms with Crippen LogP contribution >= 0.6 is 0 Å². The molecule has 6 nitrogen and oxygen atoms in total. The molecule has 16 heavy (non-hydrogen) atoms. The number of rotatable bonds is 6. The third-order valence-electron chi connectivity index (χ3n) is 2.77. The quantitative estimate of drug-likeness (QED) is 0.664. The second-order valence-corrected chi connectivity index (χ2v) is 3.62. The van der Waals surface area contributed by atoms with E-state index >= 15 is 0 Å². The first-order valence-electron chi connectivity index (χ1n) is 5.10. The number of aliphatic hydroxyl groups is 1. The van der Waals surface area contributed by atoms with Gasteiger partial charge in [0.1, 0.15) is 24.4 Å². The van der Waals surface area contributed by atoms with Crippen molar-refractivity contribution in [2.45, 2.75) is 30.7 Å². The van der Waals surface area contributed by atoms with E-state index in [1.54, 1.807) is 21.3 Å². The van der Waals surface area contributed by atoms with Crippen LogP contribution in [0.2, 0.25) is 0 Å². The summed E-state index contributed by atoms with van der Waals surface area (Å²) in [6, 6.07) is 0. The second kappa shape index (κ2) is 6.48. The standard InChI is InChI=1S/C10H20O6/c1-12-5-6(13-2)7-8(14-3)9(15-4)10(11)16-7/h6-11H,5H2,1-4H3/t6-,7-,8-,9-,10-/m0/s1. The lowest BCUT2D eigenvalue weighted by atomic mass is 10.1. The van der Waals surface area contributed by atoms with E-state index < -0.39 is 18.5 Å². The summed E-state index contributed by atoms with van der Waals surface area (Å²) in [6.07, 6.45) is -2.60. The summed E-state index contributed by atoms with van der Waals surface area (Å²) < 4.78 is 26.1. The average molecular weight is 236 g/mol. The van der Waals surface area contributed by atoms with Crippen molar-refractivity contribution >= 4 is 0 Å². The largest absolute Gasteiger partial charge is 0.382 e. The van der Waals surface area contributed by atoms with Gasteiger partial charge < -0.3 is 28.8 Å². The number of hydrogen-bond acceptors (Lipinski definition) is 6. The Balaban J connectivity index is 2.71. The van der Waals surface area contributed by atoms with Gasteiger partial charge in [-0.3, -0.25) is 0 Å². The molecule has 0 saturated carbocycles. The van der Waals surface area contributed by atoms with Gasteiger partial charge in [0.15, 0.2) is 6.29 Å². The van der Waals surface area contributed by atoms with Gasteiger partial charge in [-0.1, -0.05) is 0 Å². The Labute approximate surface area is 95.4 Å². The number of ether oxygens (including phenoxy) is 5. The van der Waals surface area contributed by atoms with Crippen molar-refractivity contribution in [1.29, 1.82) is 0 Å². The van der Waals surface area contributed by atoms with Crippen LogP contribution in [-0.2, 0) is 23.7 Å². The summed E-state index contributed by atoms with van der Waals surface area (Å²) in [7, 11) is 6.19. The summed E-state index contributed by atoms with van der Waals surface area (Å²) in [6.45, 7) is 0.365. The lowest BCUT2D eigenvalue weighted by Crippen LogP contribution is -2.43. The van der Waals surface area contributed by atoms with Gasteiger partial charge >= 0.3 is 0 Å². The predicted molar refractivity (Wildman–Crippen MR) is 55.1 cm³/mol. The highest BCUT2D eigenvalue weighted by Crippen LogP contribution is 2.27. The van der Waals surface area contributed by atoms with Crippen LogP contribution in [0.1, 0.15) is 0 Å². The van der Waals surface area contributed by atoms with Crippen molar-refractivity contribution in [3.63, 3.8) is 0 Å². The van der Waals surface area contributed by atoms with Gasteiger partial charge in [0, 0.05) is 28.4 Å². The van der Waals surface area contributed by atoms with Crippen LogP contribution in [0.5, 0.6) is 0 Å². The zero-order valence-corrected chi connectivity index (χ0v) is 10.1. The number of methoxy groups -OCH3 is 4. The Morgan fingerprint density at radius 3 is 2.19 bits per heavy atom. The van der Waals surface area contributed by atoms with Crippen molar-refractivity contribution in [3.8, 4) is 0 Å². The van der Waals surface area contributed by atoms with Crippen LogP contribution in [0.3, 0.4) is 0 Å². The topological polar surface area (TPSA) is 66.4 Å². The third kappa shape index (κ3) is 2.71. The van der Waals surface area contributed by atoms with Crippen LogP contribution < -0.4 is 0 Å². The summed E-state index contributed by atoms with van der Waals surface area (Å²) in [5.41, 5.74) is 0. The van der Waals surface area contributed by atoms with Crippen LogP contribution in [0.4, 0.5) is 0 Å². The van der Waals surface area contributed by atoms with Crippen molar-refractivity contribution in [1.82, 2.24) is 0 Å². The molecule has 0 spiro atoms. The zero-order chi connectivity index (χ0) is 12.1. The number of aliphatic hydroxyl groups excluding tert-OH is 1. The molecule has 1 aliphatic rings. The van der Waals surface area contributed by atoms with Crippen molar-refractivity contribution < 1.29 is 28.8 Å². The van der Waals surface area contributed by atoms with E-state index in [-0.39, 0.29) is 12.2 Å². The molecule has 0 aromatic rings. The van der Waals surface area contributed by atoms with Gasteiger partial charge in [-0.05, 0) is 0 Å². The Morgan fingerprint density at radius 2 is 1.75 bits per heavy atom. The molecule has 0 radical (unpaired) electrons. The predicted octanol–water partition coefficient (Wildman–Crippen LogP) is -0.605. The second-order valence-electron chi connectivity index (χ2n) is 3.62. The Hall–Kier alpha value is -0.240. The summed E-state index contributed by atoms with van der Waals surface area (Å²) in [5.74, 6) is 0. The minimum atomic E-state index is -1.01. The molecule has 0 aromatic heterocycles. The van der Waals surface area contributed by atoms with Crippen LogP contribution in [0, 0.1) is 0 Å². The fraction of sp³-hybridized carbons (Fsp3) is 1.00. The maximum Gasteiger partial charge on any atom is 0.184 e. The minimum absolute atomic E-state index is 0.301. The fourth-order valence-electron chi connectivity index (χ4n) is 1.94. The molecule has 0 bridgehead atoms. The van der Waals surface area contributed by atoms with Gasteiger partial charge in [0.25, 0.3) is 0 Å². The lowest BCUT2D eigenvalue weighted by molar-refractivity contribution is -0.160. The summed E-state index contributed by atoms with van der Waals surface area (Å²) in [5, 5.41) is 9.65. The zero-order valence-electron chi connectivity index (χ0n) is 10.1. The highest BCUT2D eigenvalue weighted by atomic mass is 16.7. The van der Waals surface area contributed by atoms with Crippen molar-refractivity contribution in [2.75, 3.05) is 35.0 Å².